The predicted molar refractivity (Wildman–Crippen MR) is 109 cm³/mol. The molecule has 0 spiro atoms. The third-order valence-corrected chi connectivity index (χ3v) is 3.82. The van der Waals surface area contributed by atoms with E-state index in [1.807, 2.05) is 0 Å². The van der Waals surface area contributed by atoms with E-state index in [1.165, 1.54) is 18.2 Å². The molecule has 1 heterocycles. The van der Waals surface area contributed by atoms with Gasteiger partial charge in [-0.2, -0.15) is 0 Å². The summed E-state index contributed by atoms with van der Waals surface area (Å²) in [6.45, 7) is 1.63. The quantitative estimate of drug-likeness (QED) is 0.176. The highest BCUT2D eigenvalue weighted by atomic mass is 16.6. The lowest BCUT2D eigenvalue weighted by Gasteiger charge is -2.18. The Labute approximate surface area is 174 Å². The molecule has 1 atom stereocenters. The molecule has 0 aliphatic rings. The molecule has 14 heteroatoms. The Morgan fingerprint density at radius 1 is 1.32 bits per heavy atom. The lowest BCUT2D eigenvalue weighted by atomic mass is 10.0. The molecule has 0 saturated carbocycles. The molecule has 1 unspecified atom stereocenters. The fourth-order valence-corrected chi connectivity index (χ4v) is 2.52. The van der Waals surface area contributed by atoms with E-state index in [1.54, 1.807) is 6.92 Å². The Hall–Kier alpha value is -4.46. The zero-order chi connectivity index (χ0) is 23.1. The molecule has 164 valence electrons. The molecule has 0 fully saturated rings. The predicted octanol–water partition coefficient (Wildman–Crippen LogP) is 2.38. The lowest BCUT2D eigenvalue weighted by molar-refractivity contribution is -0.384. The smallest absolute Gasteiger partial charge is 0.412 e. The third kappa shape index (κ3) is 5.54. The molecule has 0 radical (unpaired) electrons. The highest BCUT2D eigenvalue weighted by Gasteiger charge is 2.25. The van der Waals surface area contributed by atoms with Gasteiger partial charge in [-0.25, -0.2) is 9.78 Å². The number of aliphatic hydroxyl groups is 2. The van der Waals surface area contributed by atoms with Crippen molar-refractivity contribution >= 4 is 40.4 Å². The summed E-state index contributed by atoms with van der Waals surface area (Å²) in [4.78, 5) is 36.1. The second-order valence-electron chi connectivity index (χ2n) is 5.83. The number of amides is 1. The molecular weight excluding hydrogens is 416 g/mol. The van der Waals surface area contributed by atoms with Crippen LogP contribution >= 0.6 is 0 Å². The molecule has 31 heavy (non-hydrogen) atoms. The number of nitro groups is 2. The topological polar surface area (TPSA) is 216 Å². The van der Waals surface area contributed by atoms with Crippen molar-refractivity contribution < 1.29 is 29.6 Å². The SMILES string of the molecule is CCOC(=O)Nc1cc(NC(O)/C(=C/O)c2cccc([N+](=O)[O-])c2)c([N+](=O)[O-])c(N)n1. The number of benzene rings is 1. The van der Waals surface area contributed by atoms with Gasteiger partial charge in [0.15, 0.2) is 6.23 Å². The van der Waals surface area contributed by atoms with Crippen molar-refractivity contribution in [3.8, 4) is 0 Å². The maximum absolute atomic E-state index is 11.6. The van der Waals surface area contributed by atoms with Crippen LogP contribution in [0.1, 0.15) is 12.5 Å². The number of ether oxygens (including phenoxy) is 1. The zero-order valence-electron chi connectivity index (χ0n) is 16.0. The van der Waals surface area contributed by atoms with Gasteiger partial charge in [-0.15, -0.1) is 0 Å². The second kappa shape index (κ2) is 9.84. The van der Waals surface area contributed by atoms with Crippen LogP contribution in [0.15, 0.2) is 36.6 Å². The minimum atomic E-state index is -1.76. The molecular formula is C17H18N6O8. The van der Waals surface area contributed by atoms with Crippen molar-refractivity contribution in [3.63, 3.8) is 0 Å². The van der Waals surface area contributed by atoms with E-state index in [0.29, 0.717) is 6.26 Å². The molecule has 6 N–H and O–H groups in total. The van der Waals surface area contributed by atoms with Gasteiger partial charge in [0.2, 0.25) is 5.82 Å². The van der Waals surface area contributed by atoms with E-state index in [-0.39, 0.29) is 34.9 Å². The maximum Gasteiger partial charge on any atom is 0.412 e. The number of pyridine rings is 1. The van der Waals surface area contributed by atoms with Gasteiger partial charge in [0, 0.05) is 23.8 Å². The summed E-state index contributed by atoms with van der Waals surface area (Å²) < 4.78 is 4.70. The Morgan fingerprint density at radius 2 is 2.03 bits per heavy atom. The Morgan fingerprint density at radius 3 is 2.61 bits per heavy atom. The number of rotatable bonds is 8. The molecule has 0 bridgehead atoms. The van der Waals surface area contributed by atoms with Crippen molar-refractivity contribution in [2.24, 2.45) is 0 Å². The Kier molecular flexibility index (Phi) is 7.24. The maximum atomic E-state index is 11.6. The van der Waals surface area contributed by atoms with Crippen molar-refractivity contribution in [1.29, 1.82) is 0 Å². The van der Waals surface area contributed by atoms with E-state index >= 15 is 0 Å². The van der Waals surface area contributed by atoms with Gasteiger partial charge in [0.1, 0.15) is 11.5 Å². The van der Waals surface area contributed by atoms with E-state index in [0.717, 1.165) is 12.1 Å². The first-order chi connectivity index (χ1) is 14.7. The number of anilines is 3. The highest BCUT2D eigenvalue weighted by Crippen LogP contribution is 2.34. The number of nitro benzene ring substituents is 1. The number of carbonyl (C=O) groups is 1. The van der Waals surface area contributed by atoms with Gasteiger partial charge < -0.3 is 26.0 Å². The molecule has 2 rings (SSSR count). The molecule has 0 aliphatic carbocycles. The van der Waals surface area contributed by atoms with Gasteiger partial charge >= 0.3 is 11.8 Å². The summed E-state index contributed by atoms with van der Waals surface area (Å²) in [6, 6.07) is 6.04. The molecule has 14 nitrogen and oxygen atoms in total. The van der Waals surface area contributed by atoms with Crippen molar-refractivity contribution in [3.05, 3.63) is 62.4 Å². The first-order valence-electron chi connectivity index (χ1n) is 8.60. The summed E-state index contributed by atoms with van der Waals surface area (Å²) in [7, 11) is 0. The minimum absolute atomic E-state index is 0.0615. The summed E-state index contributed by atoms with van der Waals surface area (Å²) in [5, 5.41) is 47.0. The van der Waals surface area contributed by atoms with E-state index in [4.69, 9.17) is 10.5 Å². The number of aromatic nitrogens is 1. The monoisotopic (exact) mass is 434 g/mol. The van der Waals surface area contributed by atoms with Crippen LogP contribution in [-0.2, 0) is 4.74 Å². The van der Waals surface area contributed by atoms with Gasteiger partial charge in [-0.3, -0.25) is 25.5 Å². The molecule has 2 aromatic rings. The van der Waals surface area contributed by atoms with Crippen LogP contribution in [0.4, 0.5) is 33.5 Å². The summed E-state index contributed by atoms with van der Waals surface area (Å²) in [5.74, 6) is -0.778. The summed E-state index contributed by atoms with van der Waals surface area (Å²) >= 11 is 0. The average Bonchev–Trinajstić information content (AvgIpc) is 2.68. The van der Waals surface area contributed by atoms with Crippen molar-refractivity contribution in [2.45, 2.75) is 13.2 Å². The van der Waals surface area contributed by atoms with Crippen LogP contribution in [0.25, 0.3) is 5.57 Å². The molecule has 0 saturated heterocycles. The van der Waals surface area contributed by atoms with Gasteiger partial charge in [0.25, 0.3) is 5.69 Å². The molecule has 1 aromatic carbocycles. The fraction of sp³-hybridized carbons (Fsp3) is 0.176. The normalized spacial score (nSPS) is 12.0. The number of hydrogen-bond acceptors (Lipinski definition) is 11. The summed E-state index contributed by atoms with van der Waals surface area (Å²) in [5.41, 5.74) is 4.11. The van der Waals surface area contributed by atoms with Crippen LogP contribution in [0.2, 0.25) is 0 Å². The van der Waals surface area contributed by atoms with Crippen LogP contribution in [-0.4, -0.2) is 44.0 Å². The fourth-order valence-electron chi connectivity index (χ4n) is 2.52. The van der Waals surface area contributed by atoms with Gasteiger partial charge in [-0.05, 0) is 12.5 Å². The largest absolute Gasteiger partial charge is 0.515 e. The van der Waals surface area contributed by atoms with Crippen LogP contribution in [0.5, 0.6) is 0 Å². The van der Waals surface area contributed by atoms with Crippen molar-refractivity contribution in [1.82, 2.24) is 4.98 Å². The summed E-state index contributed by atoms with van der Waals surface area (Å²) in [6.07, 6.45) is -2.16. The average molecular weight is 434 g/mol. The minimum Gasteiger partial charge on any atom is -0.515 e. The number of nitrogens with one attached hydrogen (secondary N) is 2. The van der Waals surface area contributed by atoms with Crippen LogP contribution in [0, 0.1) is 20.2 Å². The number of carbonyl (C=O) groups excluding carboxylic acids is 1. The first-order valence-corrected chi connectivity index (χ1v) is 8.60. The third-order valence-electron chi connectivity index (χ3n) is 3.82. The highest BCUT2D eigenvalue weighted by molar-refractivity contribution is 5.87. The van der Waals surface area contributed by atoms with Gasteiger partial charge in [-0.1, -0.05) is 12.1 Å². The Balaban J connectivity index is 2.41. The van der Waals surface area contributed by atoms with Crippen molar-refractivity contribution in [2.75, 3.05) is 23.0 Å². The van der Waals surface area contributed by atoms with Crippen LogP contribution < -0.4 is 16.4 Å². The molecule has 1 amide bonds. The zero-order valence-corrected chi connectivity index (χ0v) is 16.0. The number of nitrogens with zero attached hydrogens (tertiary/aromatic N) is 3. The second-order valence-corrected chi connectivity index (χ2v) is 5.83. The van der Waals surface area contributed by atoms with E-state index in [2.05, 4.69) is 15.6 Å². The number of hydrogen-bond donors (Lipinski definition) is 5. The van der Waals surface area contributed by atoms with Gasteiger partial charge in [0.05, 0.1) is 22.7 Å². The molecule has 0 aliphatic heterocycles. The van der Waals surface area contributed by atoms with Crippen LogP contribution in [0.3, 0.4) is 0 Å². The molecule has 1 aromatic heterocycles. The number of nitrogens with two attached hydrogens (primary N) is 1. The first kappa shape index (κ1) is 22.8. The van der Waals surface area contributed by atoms with E-state index < -0.39 is 33.7 Å². The van der Waals surface area contributed by atoms with E-state index in [9.17, 15) is 35.2 Å². The number of non-ortho nitro benzene ring substituents is 1. The lowest BCUT2D eigenvalue weighted by Crippen LogP contribution is -2.22. The Bertz CT molecular complexity index is 1040. The number of aliphatic hydroxyl groups excluding tert-OH is 2. The standard InChI is InChI=1S/C17H18N6O8/c1-2-31-17(26)21-13-7-12(14(23(29)30)15(18)20-13)19-16(25)11(8-24)9-4-3-5-10(6-9)22(27)28/h3-8,16,24-25H,2H2,1H3,(H4,18,19,20,21,26)/b11-8+. The number of nitrogen functional groups attached to an aromatic ring is 1.